The van der Waals surface area contributed by atoms with E-state index in [1.54, 1.807) is 0 Å². The second-order valence-corrected chi connectivity index (χ2v) is 4.39. The maximum absolute atomic E-state index is 10.6. The Labute approximate surface area is 82.3 Å². The molecule has 0 aromatic carbocycles. The van der Waals surface area contributed by atoms with Crippen LogP contribution in [0.15, 0.2) is 11.8 Å². The van der Waals surface area contributed by atoms with Crippen LogP contribution in [0.25, 0.3) is 0 Å². The highest BCUT2D eigenvalue weighted by Gasteiger charge is 2.54. The SMILES string of the molecule is O=C1OC(O)(C(Cl)(Cl)Cl)C=C1O. The number of aliphatic hydroxyl groups is 2. The zero-order valence-corrected chi connectivity index (χ0v) is 7.69. The standard InChI is InChI=1S/C5H3Cl3O4/c6-5(7,8)4(11)1-2(9)3(10)12-4/h1,9,11H. The summed E-state index contributed by atoms with van der Waals surface area (Å²) in [6.07, 6.45) is 0.627. The van der Waals surface area contributed by atoms with Gasteiger partial charge in [-0.3, -0.25) is 0 Å². The van der Waals surface area contributed by atoms with Gasteiger partial charge >= 0.3 is 5.97 Å². The first-order valence-corrected chi connectivity index (χ1v) is 3.84. The molecule has 0 saturated heterocycles. The van der Waals surface area contributed by atoms with Gasteiger partial charge in [-0.2, -0.15) is 0 Å². The van der Waals surface area contributed by atoms with Crippen LogP contribution in [0.1, 0.15) is 0 Å². The van der Waals surface area contributed by atoms with Crippen molar-refractivity contribution in [3.63, 3.8) is 0 Å². The maximum atomic E-state index is 10.6. The first-order chi connectivity index (χ1) is 5.26. The lowest BCUT2D eigenvalue weighted by Crippen LogP contribution is -2.41. The molecule has 1 heterocycles. The van der Waals surface area contributed by atoms with E-state index in [1.165, 1.54) is 0 Å². The molecule has 0 radical (unpaired) electrons. The van der Waals surface area contributed by atoms with Gasteiger partial charge in [0.1, 0.15) is 0 Å². The molecule has 7 heteroatoms. The number of ether oxygens (including phenoxy) is 1. The van der Waals surface area contributed by atoms with Crippen molar-refractivity contribution in [2.45, 2.75) is 9.58 Å². The van der Waals surface area contributed by atoms with Crippen molar-refractivity contribution in [3.8, 4) is 0 Å². The molecule has 4 nitrogen and oxygen atoms in total. The molecule has 1 aliphatic rings. The molecule has 1 unspecified atom stereocenters. The third-order valence-electron chi connectivity index (χ3n) is 1.20. The molecule has 0 spiro atoms. The molecular weight excluding hydrogens is 230 g/mol. The van der Waals surface area contributed by atoms with Gasteiger partial charge in [0.2, 0.25) is 5.76 Å². The number of aliphatic hydroxyl groups excluding tert-OH is 1. The lowest BCUT2D eigenvalue weighted by molar-refractivity contribution is -0.178. The quantitative estimate of drug-likeness (QED) is 0.485. The van der Waals surface area contributed by atoms with Crippen LogP contribution >= 0.6 is 34.8 Å². The number of carbonyl (C=O) groups excluding carboxylic acids is 1. The molecule has 1 aliphatic heterocycles. The summed E-state index contributed by atoms with van der Waals surface area (Å²) >= 11 is 15.8. The molecule has 1 rings (SSSR count). The molecule has 0 bridgehead atoms. The van der Waals surface area contributed by atoms with Crippen LogP contribution in [-0.2, 0) is 9.53 Å². The monoisotopic (exact) mass is 232 g/mol. The minimum absolute atomic E-state index is 0.627. The summed E-state index contributed by atoms with van der Waals surface area (Å²) in [4.78, 5) is 10.6. The van der Waals surface area contributed by atoms with Crippen molar-refractivity contribution in [2.24, 2.45) is 0 Å². The second-order valence-electron chi connectivity index (χ2n) is 2.11. The van der Waals surface area contributed by atoms with E-state index >= 15 is 0 Å². The van der Waals surface area contributed by atoms with Gasteiger partial charge in [0.15, 0.2) is 0 Å². The fraction of sp³-hybridized carbons (Fsp3) is 0.400. The minimum Gasteiger partial charge on any atom is -0.502 e. The predicted octanol–water partition coefficient (Wildman–Crippen LogP) is 1.04. The van der Waals surface area contributed by atoms with Crippen LogP contribution in [-0.4, -0.2) is 25.8 Å². The third kappa shape index (κ3) is 1.47. The van der Waals surface area contributed by atoms with Crippen molar-refractivity contribution in [2.75, 3.05) is 0 Å². The van der Waals surface area contributed by atoms with E-state index in [0.29, 0.717) is 6.08 Å². The van der Waals surface area contributed by atoms with Gasteiger partial charge in [-0.15, -0.1) is 0 Å². The second kappa shape index (κ2) is 2.67. The van der Waals surface area contributed by atoms with E-state index in [1.807, 2.05) is 0 Å². The molecule has 0 aromatic rings. The highest BCUT2D eigenvalue weighted by Crippen LogP contribution is 2.43. The van der Waals surface area contributed by atoms with Crippen LogP contribution in [0.5, 0.6) is 0 Å². The van der Waals surface area contributed by atoms with Crippen LogP contribution in [0.3, 0.4) is 0 Å². The van der Waals surface area contributed by atoms with Gasteiger partial charge < -0.3 is 14.9 Å². The summed E-state index contributed by atoms with van der Waals surface area (Å²) in [6, 6.07) is 0. The molecule has 0 aromatic heterocycles. The summed E-state index contributed by atoms with van der Waals surface area (Å²) in [5.74, 6) is -4.31. The Morgan fingerprint density at radius 3 is 2.17 bits per heavy atom. The number of esters is 1. The molecule has 2 N–H and O–H groups in total. The topological polar surface area (TPSA) is 66.8 Å². The molecular formula is C5H3Cl3O4. The van der Waals surface area contributed by atoms with Crippen molar-refractivity contribution in [1.82, 2.24) is 0 Å². The van der Waals surface area contributed by atoms with Crippen molar-refractivity contribution >= 4 is 40.8 Å². The average molecular weight is 233 g/mol. The fourth-order valence-electron chi connectivity index (χ4n) is 0.607. The lowest BCUT2D eigenvalue weighted by atomic mass is 10.3. The van der Waals surface area contributed by atoms with Gasteiger partial charge in [0, 0.05) is 6.08 Å². The van der Waals surface area contributed by atoms with E-state index < -0.39 is 21.3 Å². The van der Waals surface area contributed by atoms with E-state index in [2.05, 4.69) is 4.74 Å². The third-order valence-corrected chi connectivity index (χ3v) is 2.01. The van der Waals surface area contributed by atoms with Gasteiger partial charge in [0.25, 0.3) is 9.58 Å². The first kappa shape index (κ1) is 9.92. The Bertz CT molecular complexity index is 256. The van der Waals surface area contributed by atoms with Crippen LogP contribution in [0.2, 0.25) is 0 Å². The summed E-state index contributed by atoms with van der Waals surface area (Å²) < 4.78 is 1.97. The van der Waals surface area contributed by atoms with Crippen molar-refractivity contribution < 1.29 is 19.7 Å². The summed E-state index contributed by atoms with van der Waals surface area (Å²) in [5.41, 5.74) is 0. The number of cyclic esters (lactones) is 1. The number of alkyl halides is 3. The lowest BCUT2D eigenvalue weighted by Gasteiger charge is -2.26. The Morgan fingerprint density at radius 1 is 1.50 bits per heavy atom. The highest BCUT2D eigenvalue weighted by atomic mass is 35.6. The maximum Gasteiger partial charge on any atom is 0.376 e. The minimum atomic E-state index is -2.39. The predicted molar refractivity (Wildman–Crippen MR) is 42.0 cm³/mol. The highest BCUT2D eigenvalue weighted by molar-refractivity contribution is 6.68. The smallest absolute Gasteiger partial charge is 0.376 e. The zero-order chi connectivity index (χ0) is 9.57. The van der Waals surface area contributed by atoms with E-state index in [0.717, 1.165) is 0 Å². The summed E-state index contributed by atoms with van der Waals surface area (Å²) in [7, 11) is 0. The summed E-state index contributed by atoms with van der Waals surface area (Å²) in [6.45, 7) is 0. The molecule has 12 heavy (non-hydrogen) atoms. The van der Waals surface area contributed by atoms with E-state index in [9.17, 15) is 9.90 Å². The molecule has 0 saturated carbocycles. The van der Waals surface area contributed by atoms with E-state index in [-0.39, 0.29) is 0 Å². The number of rotatable bonds is 0. The van der Waals surface area contributed by atoms with E-state index in [4.69, 9.17) is 39.9 Å². The number of hydrogen-bond acceptors (Lipinski definition) is 4. The van der Waals surface area contributed by atoms with Crippen LogP contribution < -0.4 is 0 Å². The van der Waals surface area contributed by atoms with Gasteiger partial charge in [-0.05, 0) is 0 Å². The number of halogens is 3. The van der Waals surface area contributed by atoms with Gasteiger partial charge in [-0.1, -0.05) is 34.8 Å². The van der Waals surface area contributed by atoms with Crippen molar-refractivity contribution in [1.29, 1.82) is 0 Å². The first-order valence-electron chi connectivity index (χ1n) is 2.70. The van der Waals surface area contributed by atoms with Crippen molar-refractivity contribution in [3.05, 3.63) is 11.8 Å². The van der Waals surface area contributed by atoms with Crippen LogP contribution in [0.4, 0.5) is 0 Å². The Hall–Kier alpha value is -0.160. The molecule has 0 aliphatic carbocycles. The Kier molecular flexibility index (Phi) is 2.21. The normalized spacial score (nSPS) is 30.0. The Balaban J connectivity index is 3.00. The summed E-state index contributed by atoms with van der Waals surface area (Å²) in [5, 5.41) is 18.0. The van der Waals surface area contributed by atoms with Gasteiger partial charge in [0.05, 0.1) is 0 Å². The Morgan fingerprint density at radius 2 is 2.00 bits per heavy atom. The average Bonchev–Trinajstić information content (AvgIpc) is 2.06. The number of hydrogen-bond donors (Lipinski definition) is 2. The zero-order valence-electron chi connectivity index (χ0n) is 5.42. The molecule has 0 amide bonds. The molecule has 0 fully saturated rings. The number of carbonyl (C=O) groups is 1. The fourth-order valence-corrected chi connectivity index (χ4v) is 0.886. The van der Waals surface area contributed by atoms with Gasteiger partial charge in [-0.25, -0.2) is 4.79 Å². The molecule has 68 valence electrons. The molecule has 1 atom stereocenters. The largest absolute Gasteiger partial charge is 0.502 e. The van der Waals surface area contributed by atoms with Crippen LogP contribution in [0, 0.1) is 0 Å².